The fourth-order valence-electron chi connectivity index (χ4n) is 2.36. The van der Waals surface area contributed by atoms with Crippen molar-refractivity contribution in [2.45, 2.75) is 38.6 Å². The molecule has 1 aliphatic rings. The quantitative estimate of drug-likeness (QED) is 0.866. The van der Waals surface area contributed by atoms with Crippen LogP contribution in [0.4, 0.5) is 5.82 Å². The molecule has 3 N–H and O–H groups in total. The highest BCUT2D eigenvalue weighted by molar-refractivity contribution is 6.33. The van der Waals surface area contributed by atoms with Crippen LogP contribution in [0.5, 0.6) is 0 Å². The van der Waals surface area contributed by atoms with Gasteiger partial charge in [-0.05, 0) is 24.8 Å². The molecule has 18 heavy (non-hydrogen) atoms. The van der Waals surface area contributed by atoms with E-state index < -0.39 is 0 Å². The molecule has 0 aromatic carbocycles. The molecular formula is C13H18ClN3O. The molecule has 4 nitrogen and oxygen atoms in total. The van der Waals surface area contributed by atoms with E-state index in [2.05, 4.69) is 17.2 Å². The Bertz CT molecular complexity index is 450. The zero-order valence-electron chi connectivity index (χ0n) is 10.4. The summed E-state index contributed by atoms with van der Waals surface area (Å²) in [7, 11) is 0. The molecule has 0 bridgehead atoms. The van der Waals surface area contributed by atoms with Crippen LogP contribution in [0.3, 0.4) is 0 Å². The molecule has 0 aliphatic heterocycles. The molecule has 1 saturated carbocycles. The van der Waals surface area contributed by atoms with Crippen molar-refractivity contribution in [2.75, 3.05) is 5.73 Å². The van der Waals surface area contributed by atoms with Gasteiger partial charge in [0, 0.05) is 12.2 Å². The van der Waals surface area contributed by atoms with Gasteiger partial charge in [-0.1, -0.05) is 31.4 Å². The van der Waals surface area contributed by atoms with Crippen molar-refractivity contribution in [1.82, 2.24) is 10.3 Å². The van der Waals surface area contributed by atoms with Gasteiger partial charge < -0.3 is 11.1 Å². The molecule has 0 radical (unpaired) electrons. The van der Waals surface area contributed by atoms with E-state index in [4.69, 9.17) is 17.3 Å². The lowest BCUT2D eigenvalue weighted by atomic mass is 9.86. The topological polar surface area (TPSA) is 68.0 Å². The predicted octanol–water partition coefficient (Wildman–Crippen LogP) is 2.63. The molecule has 2 rings (SSSR count). The fraction of sp³-hybridized carbons (Fsp3) is 0.538. The molecule has 5 heteroatoms. The monoisotopic (exact) mass is 267 g/mol. The normalized spacial score (nSPS) is 23.7. The molecule has 0 saturated heterocycles. The van der Waals surface area contributed by atoms with Crippen LogP contribution in [-0.2, 0) is 0 Å². The third kappa shape index (κ3) is 2.93. The number of amides is 1. The molecule has 2 atom stereocenters. The van der Waals surface area contributed by atoms with Gasteiger partial charge >= 0.3 is 0 Å². The molecule has 1 fully saturated rings. The van der Waals surface area contributed by atoms with Crippen molar-refractivity contribution >= 4 is 23.3 Å². The lowest BCUT2D eigenvalue weighted by Crippen LogP contribution is -2.41. The summed E-state index contributed by atoms with van der Waals surface area (Å²) in [5.41, 5.74) is 5.99. The molecule has 1 aliphatic carbocycles. The average Bonchev–Trinajstić information content (AvgIpc) is 2.35. The van der Waals surface area contributed by atoms with Gasteiger partial charge in [0.05, 0.1) is 10.6 Å². The first kappa shape index (κ1) is 13.1. The molecular weight excluding hydrogens is 250 g/mol. The van der Waals surface area contributed by atoms with Gasteiger partial charge in [-0.3, -0.25) is 4.79 Å². The second-order valence-electron chi connectivity index (χ2n) is 4.93. The van der Waals surface area contributed by atoms with Crippen molar-refractivity contribution in [3.63, 3.8) is 0 Å². The second kappa shape index (κ2) is 5.57. The Morgan fingerprint density at radius 3 is 2.89 bits per heavy atom. The Morgan fingerprint density at radius 2 is 2.22 bits per heavy atom. The van der Waals surface area contributed by atoms with Gasteiger partial charge in [-0.2, -0.15) is 0 Å². The van der Waals surface area contributed by atoms with Crippen molar-refractivity contribution in [2.24, 2.45) is 5.92 Å². The average molecular weight is 268 g/mol. The minimum atomic E-state index is -0.122. The first-order chi connectivity index (χ1) is 8.58. The molecule has 0 spiro atoms. The van der Waals surface area contributed by atoms with E-state index in [9.17, 15) is 4.79 Å². The van der Waals surface area contributed by atoms with Gasteiger partial charge in [0.1, 0.15) is 5.82 Å². The zero-order chi connectivity index (χ0) is 13.1. The number of pyridine rings is 1. The van der Waals surface area contributed by atoms with Gasteiger partial charge in [0.25, 0.3) is 5.91 Å². The van der Waals surface area contributed by atoms with Crippen LogP contribution < -0.4 is 11.1 Å². The highest BCUT2D eigenvalue weighted by atomic mass is 35.5. The second-order valence-corrected chi connectivity index (χ2v) is 5.34. The van der Waals surface area contributed by atoms with Crippen LogP contribution in [0.2, 0.25) is 5.02 Å². The summed E-state index contributed by atoms with van der Waals surface area (Å²) >= 11 is 5.86. The van der Waals surface area contributed by atoms with E-state index in [0.29, 0.717) is 16.5 Å². The van der Waals surface area contributed by atoms with Crippen molar-refractivity contribution in [3.05, 3.63) is 22.8 Å². The van der Waals surface area contributed by atoms with Gasteiger partial charge in [0.2, 0.25) is 0 Å². The molecule has 1 amide bonds. The van der Waals surface area contributed by atoms with E-state index in [1.165, 1.54) is 25.5 Å². The van der Waals surface area contributed by atoms with E-state index in [1.54, 1.807) is 6.07 Å². The SMILES string of the molecule is CC1CCCCC1NC(=O)c1cnc(N)c(Cl)c1. The number of aromatic nitrogens is 1. The summed E-state index contributed by atoms with van der Waals surface area (Å²) in [4.78, 5) is 16.0. The number of rotatable bonds is 2. The smallest absolute Gasteiger partial charge is 0.253 e. The first-order valence-electron chi connectivity index (χ1n) is 6.30. The van der Waals surface area contributed by atoms with Crippen LogP contribution in [0.25, 0.3) is 0 Å². The Morgan fingerprint density at radius 1 is 1.50 bits per heavy atom. The minimum absolute atomic E-state index is 0.122. The minimum Gasteiger partial charge on any atom is -0.382 e. The number of nitrogens with zero attached hydrogens (tertiary/aromatic N) is 1. The van der Waals surface area contributed by atoms with Crippen LogP contribution in [-0.4, -0.2) is 16.9 Å². The van der Waals surface area contributed by atoms with Crippen molar-refractivity contribution in [3.8, 4) is 0 Å². The number of nitrogens with one attached hydrogen (secondary N) is 1. The summed E-state index contributed by atoms with van der Waals surface area (Å²) in [6, 6.07) is 1.81. The Hall–Kier alpha value is -1.29. The van der Waals surface area contributed by atoms with Crippen molar-refractivity contribution < 1.29 is 4.79 Å². The van der Waals surface area contributed by atoms with Crippen LogP contribution >= 0.6 is 11.6 Å². The predicted molar refractivity (Wildman–Crippen MR) is 72.5 cm³/mol. The summed E-state index contributed by atoms with van der Waals surface area (Å²) in [5, 5.41) is 3.37. The van der Waals surface area contributed by atoms with Crippen molar-refractivity contribution in [1.29, 1.82) is 0 Å². The maximum Gasteiger partial charge on any atom is 0.253 e. The first-order valence-corrected chi connectivity index (χ1v) is 6.67. The van der Waals surface area contributed by atoms with E-state index in [-0.39, 0.29) is 17.8 Å². The highest BCUT2D eigenvalue weighted by Gasteiger charge is 2.23. The number of hydrogen-bond acceptors (Lipinski definition) is 3. The van der Waals surface area contributed by atoms with Gasteiger partial charge in [-0.15, -0.1) is 0 Å². The standard InChI is InChI=1S/C13H18ClN3O/c1-8-4-2-3-5-11(8)17-13(18)9-6-10(14)12(15)16-7-9/h6-8,11H,2-5H2,1H3,(H2,15,16)(H,17,18). The summed E-state index contributed by atoms with van der Waals surface area (Å²) in [6.07, 6.45) is 6.11. The Labute approximate surface area is 112 Å². The van der Waals surface area contributed by atoms with E-state index >= 15 is 0 Å². The molecule has 2 unspecified atom stereocenters. The molecule has 98 valence electrons. The summed E-state index contributed by atoms with van der Waals surface area (Å²) in [5.74, 6) is 0.655. The lowest BCUT2D eigenvalue weighted by molar-refractivity contribution is 0.0910. The van der Waals surface area contributed by atoms with E-state index in [1.807, 2.05) is 0 Å². The molecule has 1 aromatic rings. The Kier molecular flexibility index (Phi) is 4.07. The number of halogens is 1. The number of anilines is 1. The maximum atomic E-state index is 12.1. The van der Waals surface area contributed by atoms with Crippen LogP contribution in [0.15, 0.2) is 12.3 Å². The number of carbonyl (C=O) groups excluding carboxylic acids is 1. The van der Waals surface area contributed by atoms with Gasteiger partial charge in [0.15, 0.2) is 0 Å². The van der Waals surface area contributed by atoms with Gasteiger partial charge in [-0.25, -0.2) is 4.98 Å². The number of nitrogens with two attached hydrogens (primary N) is 1. The van der Waals surface area contributed by atoms with Crippen LogP contribution in [0.1, 0.15) is 43.0 Å². The number of carbonyl (C=O) groups is 1. The largest absolute Gasteiger partial charge is 0.382 e. The Balaban J connectivity index is 2.04. The third-order valence-electron chi connectivity index (χ3n) is 3.56. The molecule has 1 aromatic heterocycles. The van der Waals surface area contributed by atoms with Crippen LogP contribution in [0, 0.1) is 5.92 Å². The maximum absolute atomic E-state index is 12.1. The van der Waals surface area contributed by atoms with E-state index in [0.717, 1.165) is 6.42 Å². The highest BCUT2D eigenvalue weighted by Crippen LogP contribution is 2.24. The molecule has 1 heterocycles. The fourth-order valence-corrected chi connectivity index (χ4v) is 2.52. The number of hydrogen-bond donors (Lipinski definition) is 2. The number of nitrogen functional groups attached to an aromatic ring is 1. The lowest BCUT2D eigenvalue weighted by Gasteiger charge is -2.29. The third-order valence-corrected chi connectivity index (χ3v) is 3.86. The summed E-state index contributed by atoms with van der Waals surface area (Å²) < 4.78 is 0. The zero-order valence-corrected chi connectivity index (χ0v) is 11.2. The summed E-state index contributed by atoms with van der Waals surface area (Å²) in [6.45, 7) is 2.18.